The van der Waals surface area contributed by atoms with Gasteiger partial charge in [0.05, 0.1) is 11.3 Å². The van der Waals surface area contributed by atoms with E-state index in [2.05, 4.69) is 11.1 Å². The molecule has 0 aliphatic carbocycles. The lowest BCUT2D eigenvalue weighted by Crippen LogP contribution is -1.88. The minimum absolute atomic E-state index is 0.612. The fourth-order valence-corrected chi connectivity index (χ4v) is 1.17. The van der Waals surface area contributed by atoms with Crippen LogP contribution in [0.1, 0.15) is 0 Å². The highest BCUT2D eigenvalue weighted by molar-refractivity contribution is 6.30. The first-order valence-corrected chi connectivity index (χ1v) is 3.89. The van der Waals surface area contributed by atoms with Gasteiger partial charge >= 0.3 is 0 Å². The van der Waals surface area contributed by atoms with E-state index in [1.807, 2.05) is 22.9 Å². The second-order valence-corrected chi connectivity index (χ2v) is 2.77. The minimum atomic E-state index is 0.612. The van der Waals surface area contributed by atoms with Gasteiger partial charge in [-0.2, -0.15) is 0 Å². The van der Waals surface area contributed by atoms with Crippen LogP contribution in [0.3, 0.4) is 0 Å². The van der Waals surface area contributed by atoms with Crippen molar-refractivity contribution >= 4 is 11.6 Å². The van der Waals surface area contributed by atoms with E-state index in [0.29, 0.717) is 5.02 Å². The molecule has 0 saturated heterocycles. The maximum absolute atomic E-state index is 5.77. The zero-order valence-electron chi connectivity index (χ0n) is 6.24. The molecule has 0 fully saturated rings. The van der Waals surface area contributed by atoms with Crippen LogP contribution in [0.5, 0.6) is 0 Å². The first-order valence-electron chi connectivity index (χ1n) is 3.52. The predicted molar refractivity (Wildman–Crippen MR) is 47.4 cm³/mol. The van der Waals surface area contributed by atoms with Gasteiger partial charge in [0.2, 0.25) is 0 Å². The van der Waals surface area contributed by atoms with Crippen molar-refractivity contribution in [3.63, 3.8) is 0 Å². The maximum Gasteiger partial charge on any atom is 0.0991 e. The van der Waals surface area contributed by atoms with Crippen LogP contribution >= 0.6 is 11.6 Å². The summed E-state index contributed by atoms with van der Waals surface area (Å²) in [6, 6.07) is 8.42. The van der Waals surface area contributed by atoms with Gasteiger partial charge in [0, 0.05) is 24.1 Å². The van der Waals surface area contributed by atoms with Gasteiger partial charge in [0.1, 0.15) is 0 Å². The molecule has 1 aromatic carbocycles. The first kappa shape index (κ1) is 7.37. The summed E-state index contributed by atoms with van der Waals surface area (Å²) in [5.41, 5.74) is 0.997. The summed E-state index contributed by atoms with van der Waals surface area (Å²) in [4.78, 5) is 3.94. The number of halogens is 1. The molecule has 1 heterocycles. The van der Waals surface area contributed by atoms with Gasteiger partial charge in [-0.25, -0.2) is 4.98 Å². The number of imidazole rings is 1. The summed E-state index contributed by atoms with van der Waals surface area (Å²) in [6.45, 7) is 0. The Hall–Kier alpha value is -1.28. The monoisotopic (exact) mass is 177 g/mol. The fourth-order valence-electron chi connectivity index (χ4n) is 0.999. The second-order valence-electron chi connectivity index (χ2n) is 2.36. The summed E-state index contributed by atoms with van der Waals surface area (Å²) < 4.78 is 1.89. The molecule has 0 atom stereocenters. The average Bonchev–Trinajstić information content (AvgIpc) is 2.56. The van der Waals surface area contributed by atoms with E-state index in [1.165, 1.54) is 0 Å². The third kappa shape index (κ3) is 1.34. The zero-order chi connectivity index (χ0) is 8.39. The van der Waals surface area contributed by atoms with E-state index in [4.69, 9.17) is 11.6 Å². The molecular weight excluding hydrogens is 172 g/mol. The van der Waals surface area contributed by atoms with E-state index < -0.39 is 0 Å². The predicted octanol–water partition coefficient (Wildman–Crippen LogP) is 2.33. The number of nitrogens with zero attached hydrogens (tertiary/aromatic N) is 2. The number of hydrogen-bond donors (Lipinski definition) is 0. The number of hydrogen-bond acceptors (Lipinski definition) is 1. The zero-order valence-corrected chi connectivity index (χ0v) is 6.99. The SMILES string of the molecule is Clc1[c]ccc(-n2ccnc2)c1. The van der Waals surface area contributed by atoms with E-state index in [9.17, 15) is 0 Å². The number of rotatable bonds is 1. The quantitative estimate of drug-likeness (QED) is 0.654. The molecule has 2 rings (SSSR count). The van der Waals surface area contributed by atoms with Crippen LogP contribution in [0.4, 0.5) is 0 Å². The highest BCUT2D eigenvalue weighted by Gasteiger charge is 1.94. The topological polar surface area (TPSA) is 17.8 Å². The molecule has 3 heteroatoms. The van der Waals surface area contributed by atoms with Crippen LogP contribution in [0.15, 0.2) is 36.9 Å². The van der Waals surface area contributed by atoms with Gasteiger partial charge in [0.15, 0.2) is 0 Å². The minimum Gasteiger partial charge on any atom is -0.306 e. The van der Waals surface area contributed by atoms with Gasteiger partial charge < -0.3 is 4.57 Å². The molecule has 0 aliphatic rings. The van der Waals surface area contributed by atoms with Crippen molar-refractivity contribution in [3.8, 4) is 5.69 Å². The van der Waals surface area contributed by atoms with Crippen LogP contribution in [-0.2, 0) is 0 Å². The summed E-state index contributed by atoms with van der Waals surface area (Å²) in [5, 5.41) is 0.612. The average molecular weight is 178 g/mol. The molecule has 0 bridgehead atoms. The van der Waals surface area contributed by atoms with Crippen molar-refractivity contribution in [2.75, 3.05) is 0 Å². The van der Waals surface area contributed by atoms with Gasteiger partial charge in [0.25, 0.3) is 0 Å². The van der Waals surface area contributed by atoms with Crippen LogP contribution in [0.2, 0.25) is 5.02 Å². The smallest absolute Gasteiger partial charge is 0.0991 e. The third-order valence-corrected chi connectivity index (χ3v) is 1.77. The molecule has 0 unspecified atom stereocenters. The molecule has 2 aromatic rings. The molecule has 2 nitrogen and oxygen atoms in total. The number of benzene rings is 1. The Bertz CT molecular complexity index is 368. The molecule has 1 aromatic heterocycles. The Balaban J connectivity index is 2.48. The van der Waals surface area contributed by atoms with Gasteiger partial charge in [-0.05, 0) is 12.1 Å². The van der Waals surface area contributed by atoms with Crippen molar-refractivity contribution in [2.45, 2.75) is 0 Å². The Kier molecular flexibility index (Phi) is 1.84. The van der Waals surface area contributed by atoms with Crippen molar-refractivity contribution in [1.29, 1.82) is 0 Å². The van der Waals surface area contributed by atoms with Crippen LogP contribution in [0.25, 0.3) is 5.69 Å². The van der Waals surface area contributed by atoms with E-state index in [-0.39, 0.29) is 0 Å². The lowest BCUT2D eigenvalue weighted by molar-refractivity contribution is 1.06. The summed E-state index contributed by atoms with van der Waals surface area (Å²) in [6.07, 6.45) is 5.32. The largest absolute Gasteiger partial charge is 0.306 e. The van der Waals surface area contributed by atoms with E-state index in [1.54, 1.807) is 18.6 Å². The van der Waals surface area contributed by atoms with Crippen LogP contribution in [-0.4, -0.2) is 9.55 Å². The Morgan fingerprint density at radius 3 is 3.08 bits per heavy atom. The maximum atomic E-state index is 5.77. The van der Waals surface area contributed by atoms with Gasteiger partial charge in [-0.15, -0.1) is 0 Å². The molecule has 59 valence electrons. The molecule has 12 heavy (non-hydrogen) atoms. The van der Waals surface area contributed by atoms with Gasteiger partial charge in [-0.1, -0.05) is 17.7 Å². The molecular formula is C9H6ClN2. The second kappa shape index (κ2) is 2.99. The molecule has 0 aliphatic heterocycles. The van der Waals surface area contributed by atoms with Crippen LogP contribution < -0.4 is 0 Å². The Labute approximate surface area is 75.4 Å². The van der Waals surface area contributed by atoms with Crippen molar-refractivity contribution in [1.82, 2.24) is 9.55 Å². The van der Waals surface area contributed by atoms with Crippen molar-refractivity contribution in [2.24, 2.45) is 0 Å². The third-order valence-electron chi connectivity index (χ3n) is 1.55. The number of aromatic nitrogens is 2. The summed E-state index contributed by atoms with van der Waals surface area (Å²) in [5.74, 6) is 0. The van der Waals surface area contributed by atoms with Gasteiger partial charge in [-0.3, -0.25) is 0 Å². The van der Waals surface area contributed by atoms with E-state index >= 15 is 0 Å². The molecule has 0 N–H and O–H groups in total. The summed E-state index contributed by atoms with van der Waals surface area (Å²) in [7, 11) is 0. The molecule has 0 saturated carbocycles. The lowest BCUT2D eigenvalue weighted by atomic mass is 10.3. The normalized spacial score (nSPS) is 10.1. The molecule has 0 amide bonds. The Morgan fingerprint density at radius 1 is 1.50 bits per heavy atom. The van der Waals surface area contributed by atoms with E-state index in [0.717, 1.165) is 5.69 Å². The first-order chi connectivity index (χ1) is 5.86. The fraction of sp³-hybridized carbons (Fsp3) is 0. The highest BCUT2D eigenvalue weighted by atomic mass is 35.5. The Morgan fingerprint density at radius 2 is 2.42 bits per heavy atom. The summed E-state index contributed by atoms with van der Waals surface area (Å²) >= 11 is 5.77. The lowest BCUT2D eigenvalue weighted by Gasteiger charge is -2.00. The van der Waals surface area contributed by atoms with Crippen molar-refractivity contribution in [3.05, 3.63) is 48.0 Å². The van der Waals surface area contributed by atoms with Crippen molar-refractivity contribution < 1.29 is 0 Å². The standard InChI is InChI=1S/C9H6ClN2/c10-8-2-1-3-9(6-8)12-5-4-11-7-12/h1,3-7H. The molecule has 1 radical (unpaired) electrons. The highest BCUT2D eigenvalue weighted by Crippen LogP contribution is 2.13. The molecule has 0 spiro atoms. The van der Waals surface area contributed by atoms with Crippen LogP contribution in [0, 0.1) is 6.07 Å².